The van der Waals surface area contributed by atoms with E-state index in [1.165, 1.54) is 11.3 Å². The summed E-state index contributed by atoms with van der Waals surface area (Å²) < 4.78 is 10.7. The molecule has 2 aromatic rings. The van der Waals surface area contributed by atoms with Gasteiger partial charge in [-0.2, -0.15) is 0 Å². The average Bonchev–Trinajstić information content (AvgIpc) is 3.21. The van der Waals surface area contributed by atoms with Crippen LogP contribution in [0, 0.1) is 5.92 Å². The maximum atomic E-state index is 12.4. The Bertz CT molecular complexity index is 730. The first-order chi connectivity index (χ1) is 11.6. The Balaban J connectivity index is 1.72. The number of carbonyl (C=O) groups excluding carboxylic acids is 1. The molecule has 0 bridgehead atoms. The van der Waals surface area contributed by atoms with Gasteiger partial charge in [-0.1, -0.05) is 13.8 Å². The zero-order valence-electron chi connectivity index (χ0n) is 13.7. The molecule has 0 fully saturated rings. The van der Waals surface area contributed by atoms with E-state index in [2.05, 4.69) is 24.1 Å². The molecule has 1 amide bonds. The number of ether oxygens (including phenoxy) is 2. The third-order valence-corrected chi connectivity index (χ3v) is 4.77. The lowest BCUT2D eigenvalue weighted by atomic mass is 10.0. The van der Waals surface area contributed by atoms with Crippen LogP contribution in [0.1, 0.15) is 29.9 Å². The second kappa shape index (κ2) is 7.19. The molecular weight excluding hydrogens is 326 g/mol. The Kier molecular flexibility index (Phi) is 5.01. The topological polar surface area (TPSA) is 86.5 Å². The number of benzene rings is 1. The number of hydrogen-bond acceptors (Lipinski definition) is 6. The lowest BCUT2D eigenvalue weighted by Crippen LogP contribution is -2.40. The van der Waals surface area contributed by atoms with Gasteiger partial charge in [-0.3, -0.25) is 4.79 Å². The molecule has 1 aliphatic rings. The number of nitrogens with zero attached hydrogens (tertiary/aromatic N) is 1. The summed E-state index contributed by atoms with van der Waals surface area (Å²) in [4.78, 5) is 17.3. The van der Waals surface area contributed by atoms with Gasteiger partial charge >= 0.3 is 0 Å². The molecule has 128 valence electrons. The van der Waals surface area contributed by atoms with E-state index < -0.39 is 0 Å². The predicted molar refractivity (Wildman–Crippen MR) is 93.4 cm³/mol. The van der Waals surface area contributed by atoms with Crippen LogP contribution in [0.3, 0.4) is 0 Å². The zero-order valence-corrected chi connectivity index (χ0v) is 14.6. The predicted octanol–water partition coefficient (Wildman–Crippen LogP) is 2.64. The molecule has 1 atom stereocenters. The molecule has 1 unspecified atom stereocenters. The van der Waals surface area contributed by atoms with Crippen molar-refractivity contribution in [2.75, 3.05) is 13.3 Å². The van der Waals surface area contributed by atoms with E-state index in [9.17, 15) is 4.79 Å². The molecule has 0 saturated carbocycles. The highest BCUT2D eigenvalue weighted by molar-refractivity contribution is 7.16. The van der Waals surface area contributed by atoms with Crippen molar-refractivity contribution >= 4 is 17.2 Å². The second-order valence-electron chi connectivity index (χ2n) is 6.13. The van der Waals surface area contributed by atoms with Gasteiger partial charge in [0.05, 0.1) is 6.20 Å². The highest BCUT2D eigenvalue weighted by atomic mass is 32.1. The van der Waals surface area contributed by atoms with Gasteiger partial charge in [0.2, 0.25) is 6.79 Å². The van der Waals surface area contributed by atoms with Crippen molar-refractivity contribution in [1.82, 2.24) is 10.3 Å². The van der Waals surface area contributed by atoms with Gasteiger partial charge in [-0.05, 0) is 30.5 Å². The van der Waals surface area contributed by atoms with Gasteiger partial charge in [-0.25, -0.2) is 4.98 Å². The van der Waals surface area contributed by atoms with Crippen molar-refractivity contribution in [3.63, 3.8) is 0 Å². The molecule has 3 rings (SSSR count). The van der Waals surface area contributed by atoms with Crippen LogP contribution in [0.25, 0.3) is 10.6 Å². The Morgan fingerprint density at radius 3 is 2.92 bits per heavy atom. The number of nitrogens with one attached hydrogen (secondary N) is 1. The van der Waals surface area contributed by atoms with Crippen LogP contribution in [0.4, 0.5) is 0 Å². The van der Waals surface area contributed by atoms with Crippen LogP contribution in [0.15, 0.2) is 24.4 Å². The Hall–Kier alpha value is -2.12. The molecule has 7 heteroatoms. The zero-order chi connectivity index (χ0) is 17.1. The SMILES string of the molecule is CC(C)CC(CN)NC(=O)c1cnc(-c2ccc3c(c2)OCO3)s1. The van der Waals surface area contributed by atoms with Crippen LogP contribution < -0.4 is 20.5 Å². The number of carbonyl (C=O) groups is 1. The summed E-state index contributed by atoms with van der Waals surface area (Å²) in [6.45, 7) is 4.89. The summed E-state index contributed by atoms with van der Waals surface area (Å²) in [5.41, 5.74) is 6.65. The highest BCUT2D eigenvalue weighted by Crippen LogP contribution is 2.36. The minimum Gasteiger partial charge on any atom is -0.454 e. The molecule has 0 radical (unpaired) electrons. The van der Waals surface area contributed by atoms with Crippen LogP contribution in [-0.2, 0) is 0 Å². The van der Waals surface area contributed by atoms with E-state index in [4.69, 9.17) is 15.2 Å². The van der Waals surface area contributed by atoms with E-state index in [1.807, 2.05) is 18.2 Å². The fourth-order valence-electron chi connectivity index (χ4n) is 2.58. The van der Waals surface area contributed by atoms with Crippen molar-refractivity contribution in [3.05, 3.63) is 29.3 Å². The van der Waals surface area contributed by atoms with Gasteiger partial charge in [-0.15, -0.1) is 11.3 Å². The normalized spacial score (nSPS) is 14.0. The lowest BCUT2D eigenvalue weighted by molar-refractivity contribution is 0.0937. The van der Waals surface area contributed by atoms with Gasteiger partial charge in [0, 0.05) is 18.2 Å². The monoisotopic (exact) mass is 347 g/mol. The highest BCUT2D eigenvalue weighted by Gasteiger charge is 2.18. The lowest BCUT2D eigenvalue weighted by Gasteiger charge is -2.18. The van der Waals surface area contributed by atoms with E-state index in [1.54, 1.807) is 6.20 Å². The van der Waals surface area contributed by atoms with Crippen molar-refractivity contribution in [2.24, 2.45) is 11.7 Å². The van der Waals surface area contributed by atoms with Gasteiger partial charge in [0.1, 0.15) is 9.88 Å². The number of aromatic nitrogens is 1. The quantitative estimate of drug-likeness (QED) is 0.839. The van der Waals surface area contributed by atoms with Crippen molar-refractivity contribution in [1.29, 1.82) is 0 Å². The van der Waals surface area contributed by atoms with Gasteiger partial charge in [0.15, 0.2) is 11.5 Å². The number of thiazole rings is 1. The van der Waals surface area contributed by atoms with Crippen molar-refractivity contribution < 1.29 is 14.3 Å². The number of rotatable bonds is 6. The number of fused-ring (bicyclic) bond motifs is 1. The fraction of sp³-hybridized carbons (Fsp3) is 0.412. The Labute approximate surface area is 145 Å². The third-order valence-electron chi connectivity index (χ3n) is 3.72. The minimum atomic E-state index is -0.129. The van der Waals surface area contributed by atoms with Crippen LogP contribution in [0.5, 0.6) is 11.5 Å². The first-order valence-corrected chi connectivity index (χ1v) is 8.75. The molecule has 1 aromatic carbocycles. The summed E-state index contributed by atoms with van der Waals surface area (Å²) in [6.07, 6.45) is 2.46. The molecule has 0 aliphatic carbocycles. The maximum Gasteiger partial charge on any atom is 0.263 e. The van der Waals surface area contributed by atoms with Crippen LogP contribution in [-0.4, -0.2) is 30.3 Å². The molecule has 0 spiro atoms. The first-order valence-electron chi connectivity index (χ1n) is 7.93. The summed E-state index contributed by atoms with van der Waals surface area (Å²) in [6, 6.07) is 5.62. The van der Waals surface area contributed by atoms with E-state index in [0.717, 1.165) is 22.7 Å². The maximum absolute atomic E-state index is 12.4. The number of nitrogens with two attached hydrogens (primary N) is 1. The van der Waals surface area contributed by atoms with Crippen LogP contribution >= 0.6 is 11.3 Å². The summed E-state index contributed by atoms with van der Waals surface area (Å²) >= 11 is 1.35. The summed E-state index contributed by atoms with van der Waals surface area (Å²) in [5.74, 6) is 1.78. The third kappa shape index (κ3) is 3.68. The molecular formula is C17H21N3O3S. The second-order valence-corrected chi connectivity index (χ2v) is 7.16. The number of amides is 1. The van der Waals surface area contributed by atoms with E-state index in [-0.39, 0.29) is 18.7 Å². The molecule has 6 nitrogen and oxygen atoms in total. The summed E-state index contributed by atoms with van der Waals surface area (Å²) in [5, 5.41) is 3.75. The standard InChI is InChI=1S/C17H21N3O3S/c1-10(2)5-12(7-18)20-16(21)15-8-19-17(24-15)11-3-4-13-14(6-11)23-9-22-13/h3-4,6,8,10,12H,5,7,9,18H2,1-2H3,(H,20,21). The minimum absolute atomic E-state index is 0.0198. The van der Waals surface area contributed by atoms with Gasteiger partial charge in [0.25, 0.3) is 5.91 Å². The molecule has 1 aromatic heterocycles. The molecule has 0 saturated heterocycles. The van der Waals surface area contributed by atoms with E-state index in [0.29, 0.717) is 23.1 Å². The average molecular weight is 347 g/mol. The number of hydrogen-bond donors (Lipinski definition) is 2. The first kappa shape index (κ1) is 16.7. The fourth-order valence-corrected chi connectivity index (χ4v) is 3.40. The van der Waals surface area contributed by atoms with Crippen molar-refractivity contribution in [2.45, 2.75) is 26.3 Å². The molecule has 3 N–H and O–H groups in total. The largest absolute Gasteiger partial charge is 0.454 e. The van der Waals surface area contributed by atoms with E-state index >= 15 is 0 Å². The summed E-state index contributed by atoms with van der Waals surface area (Å²) in [7, 11) is 0. The molecule has 24 heavy (non-hydrogen) atoms. The smallest absolute Gasteiger partial charge is 0.263 e. The Morgan fingerprint density at radius 1 is 1.38 bits per heavy atom. The Morgan fingerprint density at radius 2 is 2.17 bits per heavy atom. The van der Waals surface area contributed by atoms with Crippen molar-refractivity contribution in [3.8, 4) is 22.1 Å². The van der Waals surface area contributed by atoms with Gasteiger partial charge < -0.3 is 20.5 Å². The van der Waals surface area contributed by atoms with Crippen LogP contribution in [0.2, 0.25) is 0 Å². The molecule has 2 heterocycles. The molecule has 1 aliphatic heterocycles.